The van der Waals surface area contributed by atoms with Crippen LogP contribution in [-0.2, 0) is 6.54 Å². The molecule has 1 fully saturated rings. The van der Waals surface area contributed by atoms with Gasteiger partial charge >= 0.3 is 0 Å². The van der Waals surface area contributed by atoms with E-state index in [0.717, 1.165) is 44.9 Å². The van der Waals surface area contributed by atoms with Gasteiger partial charge in [0.25, 0.3) is 0 Å². The first-order valence-corrected chi connectivity index (χ1v) is 8.81. The maximum Gasteiger partial charge on any atom is 0.0558 e. The summed E-state index contributed by atoms with van der Waals surface area (Å²) in [5, 5.41) is 9.10. The monoisotopic (exact) mass is 309 g/mol. The van der Waals surface area contributed by atoms with Crippen LogP contribution in [0.3, 0.4) is 0 Å². The standard InChI is InChI=1S/C16H27N3OS/c1-2-21-16-6-3-5-15(14(16)13-17)19-8-4-7-18(9-10-19)11-12-20/h3,5-6,20H,2,4,7-13,17H2,1H3. The van der Waals surface area contributed by atoms with E-state index >= 15 is 0 Å². The minimum Gasteiger partial charge on any atom is -0.395 e. The van der Waals surface area contributed by atoms with Gasteiger partial charge in [0, 0.05) is 48.9 Å². The van der Waals surface area contributed by atoms with Crippen molar-refractivity contribution in [1.29, 1.82) is 0 Å². The van der Waals surface area contributed by atoms with Crippen LogP contribution in [0.5, 0.6) is 0 Å². The zero-order valence-corrected chi connectivity index (χ0v) is 13.7. The van der Waals surface area contributed by atoms with Crippen molar-refractivity contribution in [2.75, 3.05) is 50.0 Å². The molecule has 1 aromatic rings. The van der Waals surface area contributed by atoms with Crippen molar-refractivity contribution in [1.82, 2.24) is 4.90 Å². The summed E-state index contributed by atoms with van der Waals surface area (Å²) in [5.41, 5.74) is 8.59. The maximum atomic E-state index is 9.10. The van der Waals surface area contributed by atoms with Crippen LogP contribution in [0.1, 0.15) is 18.9 Å². The summed E-state index contributed by atoms with van der Waals surface area (Å²) in [5.74, 6) is 1.07. The zero-order valence-electron chi connectivity index (χ0n) is 12.9. The van der Waals surface area contributed by atoms with Crippen LogP contribution in [0.25, 0.3) is 0 Å². The van der Waals surface area contributed by atoms with E-state index in [1.165, 1.54) is 16.1 Å². The lowest BCUT2D eigenvalue weighted by molar-refractivity contribution is 0.204. The van der Waals surface area contributed by atoms with E-state index in [2.05, 4.69) is 34.9 Å². The lowest BCUT2D eigenvalue weighted by Gasteiger charge is -2.26. The Morgan fingerprint density at radius 3 is 2.81 bits per heavy atom. The summed E-state index contributed by atoms with van der Waals surface area (Å²) < 4.78 is 0. The number of β-amino-alcohol motifs (C(OH)–C–C–N with tert-alkyl or cyclic N) is 1. The molecule has 0 aromatic heterocycles. The van der Waals surface area contributed by atoms with Gasteiger partial charge in [-0.05, 0) is 30.9 Å². The molecule has 0 unspecified atom stereocenters. The molecule has 3 N–H and O–H groups in total. The highest BCUT2D eigenvalue weighted by Crippen LogP contribution is 2.31. The van der Waals surface area contributed by atoms with E-state index in [9.17, 15) is 0 Å². The van der Waals surface area contributed by atoms with Crippen LogP contribution < -0.4 is 10.6 Å². The van der Waals surface area contributed by atoms with Crippen LogP contribution in [0, 0.1) is 0 Å². The van der Waals surface area contributed by atoms with Crippen LogP contribution in [0.15, 0.2) is 23.1 Å². The van der Waals surface area contributed by atoms with Crippen molar-refractivity contribution in [3.05, 3.63) is 23.8 Å². The summed E-state index contributed by atoms with van der Waals surface area (Å²) in [6.07, 6.45) is 1.13. The van der Waals surface area contributed by atoms with Crippen molar-refractivity contribution >= 4 is 17.4 Å². The molecule has 0 bridgehead atoms. The Balaban J connectivity index is 2.15. The highest BCUT2D eigenvalue weighted by atomic mass is 32.2. The number of hydrogen-bond donors (Lipinski definition) is 2. The third kappa shape index (κ3) is 4.36. The first-order chi connectivity index (χ1) is 10.3. The molecule has 1 saturated heterocycles. The van der Waals surface area contributed by atoms with Gasteiger partial charge in [-0.1, -0.05) is 13.0 Å². The zero-order chi connectivity index (χ0) is 15.1. The summed E-state index contributed by atoms with van der Waals surface area (Å²) >= 11 is 1.87. The average molecular weight is 309 g/mol. The Hall–Kier alpha value is -0.750. The van der Waals surface area contributed by atoms with E-state index in [1.807, 2.05) is 11.8 Å². The fourth-order valence-corrected chi connectivity index (χ4v) is 3.77. The van der Waals surface area contributed by atoms with Crippen molar-refractivity contribution < 1.29 is 5.11 Å². The molecule has 2 rings (SSSR count). The van der Waals surface area contributed by atoms with Crippen LogP contribution in [-0.4, -0.2) is 55.1 Å². The second-order valence-corrected chi connectivity index (χ2v) is 6.60. The van der Waals surface area contributed by atoms with Crippen molar-refractivity contribution in [2.24, 2.45) is 5.73 Å². The van der Waals surface area contributed by atoms with Gasteiger partial charge in [0.05, 0.1) is 6.61 Å². The highest BCUT2D eigenvalue weighted by molar-refractivity contribution is 7.99. The molecule has 0 atom stereocenters. The molecule has 0 aliphatic carbocycles. The average Bonchev–Trinajstić information content (AvgIpc) is 2.73. The van der Waals surface area contributed by atoms with Gasteiger partial charge in [-0.2, -0.15) is 0 Å². The third-order valence-electron chi connectivity index (χ3n) is 3.96. The summed E-state index contributed by atoms with van der Waals surface area (Å²) in [7, 11) is 0. The van der Waals surface area contributed by atoms with Crippen molar-refractivity contribution in [2.45, 2.75) is 24.8 Å². The SMILES string of the molecule is CCSc1cccc(N2CCCN(CCO)CC2)c1CN. The number of hydrogen-bond acceptors (Lipinski definition) is 5. The third-order valence-corrected chi connectivity index (χ3v) is 4.94. The van der Waals surface area contributed by atoms with Gasteiger partial charge in [-0.3, -0.25) is 4.90 Å². The van der Waals surface area contributed by atoms with Gasteiger partial charge in [-0.15, -0.1) is 11.8 Å². The molecular weight excluding hydrogens is 282 g/mol. The summed E-state index contributed by atoms with van der Waals surface area (Å²) in [6.45, 7) is 7.95. The van der Waals surface area contributed by atoms with Gasteiger partial charge in [-0.25, -0.2) is 0 Å². The molecule has 4 nitrogen and oxygen atoms in total. The number of rotatable bonds is 6. The van der Waals surface area contributed by atoms with Crippen LogP contribution >= 0.6 is 11.8 Å². The lowest BCUT2D eigenvalue weighted by atomic mass is 10.1. The lowest BCUT2D eigenvalue weighted by Crippen LogP contribution is -2.33. The fraction of sp³-hybridized carbons (Fsp3) is 0.625. The fourth-order valence-electron chi connectivity index (χ4n) is 2.92. The number of thioether (sulfide) groups is 1. The van der Waals surface area contributed by atoms with E-state index in [-0.39, 0.29) is 6.61 Å². The Morgan fingerprint density at radius 1 is 1.24 bits per heavy atom. The second-order valence-electron chi connectivity index (χ2n) is 5.30. The number of nitrogens with zero attached hydrogens (tertiary/aromatic N) is 2. The molecule has 21 heavy (non-hydrogen) atoms. The molecule has 1 aliphatic heterocycles. The Labute approximate surface area is 132 Å². The Kier molecular flexibility index (Phi) is 6.83. The van der Waals surface area contributed by atoms with Gasteiger partial charge in [0.1, 0.15) is 0 Å². The largest absolute Gasteiger partial charge is 0.395 e. The number of anilines is 1. The quantitative estimate of drug-likeness (QED) is 0.784. The molecule has 1 aliphatic rings. The molecule has 0 radical (unpaired) electrons. The molecule has 5 heteroatoms. The molecular formula is C16H27N3OS. The maximum absolute atomic E-state index is 9.10. The number of nitrogens with two attached hydrogens (primary N) is 1. The van der Waals surface area contributed by atoms with E-state index in [0.29, 0.717) is 6.54 Å². The van der Waals surface area contributed by atoms with Crippen molar-refractivity contribution in [3.63, 3.8) is 0 Å². The minimum atomic E-state index is 0.247. The van der Waals surface area contributed by atoms with E-state index in [1.54, 1.807) is 0 Å². The van der Waals surface area contributed by atoms with Crippen LogP contribution in [0.2, 0.25) is 0 Å². The number of aliphatic hydroxyl groups excluding tert-OH is 1. The molecule has 0 amide bonds. The minimum absolute atomic E-state index is 0.247. The molecule has 118 valence electrons. The van der Waals surface area contributed by atoms with Gasteiger partial charge < -0.3 is 15.7 Å². The molecule has 0 spiro atoms. The predicted octanol–water partition coefficient (Wildman–Crippen LogP) is 1.76. The topological polar surface area (TPSA) is 52.7 Å². The Bertz CT molecular complexity index is 442. The first kappa shape index (κ1) is 16.6. The summed E-state index contributed by atoms with van der Waals surface area (Å²) in [6, 6.07) is 6.52. The molecule has 1 aromatic carbocycles. The normalized spacial score (nSPS) is 17.0. The highest BCUT2D eigenvalue weighted by Gasteiger charge is 2.18. The Morgan fingerprint density at radius 2 is 2.10 bits per heavy atom. The summed E-state index contributed by atoms with van der Waals surface area (Å²) in [4.78, 5) is 6.11. The van der Waals surface area contributed by atoms with Crippen LogP contribution in [0.4, 0.5) is 5.69 Å². The number of aliphatic hydroxyl groups is 1. The predicted molar refractivity (Wildman–Crippen MR) is 91.1 cm³/mol. The smallest absolute Gasteiger partial charge is 0.0558 e. The molecule has 0 saturated carbocycles. The molecule has 1 heterocycles. The first-order valence-electron chi connectivity index (χ1n) is 7.83. The van der Waals surface area contributed by atoms with Gasteiger partial charge in [0.2, 0.25) is 0 Å². The second kappa shape index (κ2) is 8.63. The van der Waals surface area contributed by atoms with E-state index < -0.39 is 0 Å². The van der Waals surface area contributed by atoms with Gasteiger partial charge in [0.15, 0.2) is 0 Å². The van der Waals surface area contributed by atoms with E-state index in [4.69, 9.17) is 10.8 Å². The van der Waals surface area contributed by atoms with Crippen molar-refractivity contribution in [3.8, 4) is 0 Å². The number of benzene rings is 1.